The van der Waals surface area contributed by atoms with Gasteiger partial charge in [0.1, 0.15) is 5.82 Å². The summed E-state index contributed by atoms with van der Waals surface area (Å²) in [6.45, 7) is 4.50. The first-order valence-electron chi connectivity index (χ1n) is 9.92. The molecule has 1 atom stereocenters. The number of aromatic nitrogens is 3. The predicted molar refractivity (Wildman–Crippen MR) is 102 cm³/mol. The molecule has 0 N–H and O–H groups in total. The van der Waals surface area contributed by atoms with Gasteiger partial charge in [-0.15, -0.1) is 0 Å². The maximum atomic E-state index is 5.03. The van der Waals surface area contributed by atoms with E-state index in [0.29, 0.717) is 5.92 Å². The van der Waals surface area contributed by atoms with E-state index >= 15 is 0 Å². The Morgan fingerprint density at radius 1 is 1.04 bits per heavy atom. The summed E-state index contributed by atoms with van der Waals surface area (Å²) in [6, 6.07) is 7.32. The number of nitrogens with zero attached hydrogens (tertiary/aromatic N) is 4. The number of imidazole rings is 1. The summed E-state index contributed by atoms with van der Waals surface area (Å²) >= 11 is 0. The fourth-order valence-corrected chi connectivity index (χ4v) is 4.59. The SMILES string of the molecule is Cc1ncc(-c2cccc([C@@H]3CCCN(C4CCCCC4)C3)n2)n1C. The fourth-order valence-electron chi connectivity index (χ4n) is 4.59. The summed E-state index contributed by atoms with van der Waals surface area (Å²) in [5.41, 5.74) is 3.42. The van der Waals surface area contributed by atoms with E-state index < -0.39 is 0 Å². The molecule has 2 fully saturated rings. The number of likely N-dealkylation sites (tertiary alicyclic amines) is 1. The zero-order chi connectivity index (χ0) is 17.2. The molecule has 0 amide bonds. The number of aryl methyl sites for hydroxylation is 1. The minimum Gasteiger partial charge on any atom is -0.330 e. The van der Waals surface area contributed by atoms with Crippen molar-refractivity contribution in [3.63, 3.8) is 0 Å². The van der Waals surface area contributed by atoms with Gasteiger partial charge in [-0.25, -0.2) is 4.98 Å². The number of pyridine rings is 1. The maximum absolute atomic E-state index is 5.03. The van der Waals surface area contributed by atoms with Crippen LogP contribution < -0.4 is 0 Å². The lowest BCUT2D eigenvalue weighted by Gasteiger charge is -2.40. The van der Waals surface area contributed by atoms with Crippen molar-refractivity contribution in [1.29, 1.82) is 0 Å². The van der Waals surface area contributed by atoms with E-state index in [1.807, 2.05) is 13.1 Å². The van der Waals surface area contributed by atoms with Crippen molar-refractivity contribution in [2.45, 2.75) is 63.8 Å². The molecule has 2 aromatic heterocycles. The van der Waals surface area contributed by atoms with Crippen LogP contribution in [0.5, 0.6) is 0 Å². The molecule has 1 aliphatic carbocycles. The normalized spacial score (nSPS) is 23.0. The Morgan fingerprint density at radius 3 is 2.64 bits per heavy atom. The second-order valence-corrected chi connectivity index (χ2v) is 7.82. The summed E-state index contributed by atoms with van der Waals surface area (Å²) in [4.78, 5) is 12.2. The Labute approximate surface area is 151 Å². The molecule has 0 aromatic carbocycles. The Hall–Kier alpha value is -1.68. The lowest BCUT2D eigenvalue weighted by Crippen LogP contribution is -2.43. The molecule has 134 valence electrons. The molecule has 0 radical (unpaired) electrons. The van der Waals surface area contributed by atoms with Crippen molar-refractivity contribution < 1.29 is 0 Å². The van der Waals surface area contributed by atoms with Gasteiger partial charge in [0.2, 0.25) is 0 Å². The highest BCUT2D eigenvalue weighted by Crippen LogP contribution is 2.32. The molecule has 1 saturated carbocycles. The molecule has 25 heavy (non-hydrogen) atoms. The number of hydrogen-bond donors (Lipinski definition) is 0. The van der Waals surface area contributed by atoms with E-state index in [1.165, 1.54) is 63.7 Å². The average molecular weight is 338 g/mol. The van der Waals surface area contributed by atoms with Gasteiger partial charge in [-0.1, -0.05) is 25.3 Å². The predicted octanol–water partition coefficient (Wildman–Crippen LogP) is 4.30. The van der Waals surface area contributed by atoms with Crippen molar-refractivity contribution in [3.8, 4) is 11.4 Å². The van der Waals surface area contributed by atoms with Gasteiger partial charge >= 0.3 is 0 Å². The van der Waals surface area contributed by atoms with Gasteiger partial charge in [-0.2, -0.15) is 0 Å². The number of rotatable bonds is 3. The number of hydrogen-bond acceptors (Lipinski definition) is 3. The Bertz CT molecular complexity index is 714. The van der Waals surface area contributed by atoms with Crippen LogP contribution in [0.25, 0.3) is 11.4 Å². The van der Waals surface area contributed by atoms with Gasteiger partial charge in [-0.05, 0) is 51.3 Å². The average Bonchev–Trinajstić information content (AvgIpc) is 3.01. The monoisotopic (exact) mass is 338 g/mol. The van der Waals surface area contributed by atoms with Crippen molar-refractivity contribution in [3.05, 3.63) is 35.9 Å². The summed E-state index contributed by atoms with van der Waals surface area (Å²) < 4.78 is 2.13. The van der Waals surface area contributed by atoms with Gasteiger partial charge in [0.25, 0.3) is 0 Å². The first-order valence-corrected chi connectivity index (χ1v) is 9.92. The lowest BCUT2D eigenvalue weighted by molar-refractivity contribution is 0.118. The quantitative estimate of drug-likeness (QED) is 0.836. The molecule has 0 spiro atoms. The molecule has 4 nitrogen and oxygen atoms in total. The smallest absolute Gasteiger partial charge is 0.105 e. The van der Waals surface area contributed by atoms with Crippen LogP contribution in [-0.4, -0.2) is 38.6 Å². The molecular weight excluding hydrogens is 308 g/mol. The van der Waals surface area contributed by atoms with E-state index in [0.717, 1.165) is 23.3 Å². The van der Waals surface area contributed by atoms with Gasteiger partial charge in [0, 0.05) is 31.2 Å². The Balaban J connectivity index is 1.53. The van der Waals surface area contributed by atoms with Crippen LogP contribution in [0.15, 0.2) is 24.4 Å². The van der Waals surface area contributed by atoms with Crippen LogP contribution in [-0.2, 0) is 7.05 Å². The van der Waals surface area contributed by atoms with Crippen LogP contribution in [0.1, 0.15) is 62.4 Å². The van der Waals surface area contributed by atoms with Crippen LogP contribution in [0.3, 0.4) is 0 Å². The van der Waals surface area contributed by atoms with Crippen LogP contribution >= 0.6 is 0 Å². The Kier molecular flexibility index (Phi) is 4.89. The molecule has 4 heteroatoms. The third-order valence-corrected chi connectivity index (χ3v) is 6.22. The summed E-state index contributed by atoms with van der Waals surface area (Å²) in [5, 5.41) is 0. The van der Waals surface area contributed by atoms with E-state index in [4.69, 9.17) is 4.98 Å². The molecule has 3 heterocycles. The zero-order valence-electron chi connectivity index (χ0n) is 15.6. The van der Waals surface area contributed by atoms with E-state index in [1.54, 1.807) is 0 Å². The van der Waals surface area contributed by atoms with Crippen molar-refractivity contribution >= 4 is 0 Å². The maximum Gasteiger partial charge on any atom is 0.105 e. The van der Waals surface area contributed by atoms with E-state index in [-0.39, 0.29) is 0 Å². The molecule has 1 aliphatic heterocycles. The minimum atomic E-state index is 0.574. The standard InChI is InChI=1S/C21H30N4/c1-16-22-14-21(24(16)2)20-12-6-11-19(23-20)17-8-7-13-25(15-17)18-9-4-3-5-10-18/h6,11-12,14,17-18H,3-5,7-10,13,15H2,1-2H3/t17-/m1/s1. The third kappa shape index (κ3) is 3.50. The van der Waals surface area contributed by atoms with Gasteiger partial charge in [0.05, 0.1) is 17.6 Å². The van der Waals surface area contributed by atoms with Gasteiger partial charge in [0.15, 0.2) is 0 Å². The molecule has 1 saturated heterocycles. The van der Waals surface area contributed by atoms with Crippen LogP contribution in [0.2, 0.25) is 0 Å². The third-order valence-electron chi connectivity index (χ3n) is 6.22. The first-order chi connectivity index (χ1) is 12.2. The summed E-state index contributed by atoms with van der Waals surface area (Å²) in [5.74, 6) is 1.60. The Morgan fingerprint density at radius 2 is 1.88 bits per heavy atom. The topological polar surface area (TPSA) is 34.0 Å². The minimum absolute atomic E-state index is 0.574. The first kappa shape index (κ1) is 16.8. The van der Waals surface area contributed by atoms with Crippen molar-refractivity contribution in [2.75, 3.05) is 13.1 Å². The molecule has 2 aromatic rings. The van der Waals surface area contributed by atoms with Crippen LogP contribution in [0, 0.1) is 6.92 Å². The van der Waals surface area contributed by atoms with Crippen molar-refractivity contribution in [2.24, 2.45) is 7.05 Å². The number of piperidine rings is 1. The van der Waals surface area contributed by atoms with Crippen LogP contribution in [0.4, 0.5) is 0 Å². The molecule has 2 aliphatic rings. The fraction of sp³-hybridized carbons (Fsp3) is 0.619. The second kappa shape index (κ2) is 7.28. The highest BCUT2D eigenvalue weighted by Gasteiger charge is 2.28. The van der Waals surface area contributed by atoms with E-state index in [2.05, 4.69) is 39.7 Å². The second-order valence-electron chi connectivity index (χ2n) is 7.82. The van der Waals surface area contributed by atoms with E-state index in [9.17, 15) is 0 Å². The van der Waals surface area contributed by atoms with Gasteiger partial charge in [-0.3, -0.25) is 9.88 Å². The summed E-state index contributed by atoms with van der Waals surface area (Å²) in [6.07, 6.45) is 11.6. The molecular formula is C21H30N4. The molecule has 0 bridgehead atoms. The van der Waals surface area contributed by atoms with Gasteiger partial charge < -0.3 is 4.57 Å². The zero-order valence-corrected chi connectivity index (χ0v) is 15.6. The lowest BCUT2D eigenvalue weighted by atomic mass is 9.89. The molecule has 0 unspecified atom stereocenters. The largest absolute Gasteiger partial charge is 0.330 e. The highest BCUT2D eigenvalue weighted by molar-refractivity contribution is 5.54. The summed E-state index contributed by atoms with van der Waals surface area (Å²) in [7, 11) is 2.07. The molecule has 4 rings (SSSR count). The van der Waals surface area contributed by atoms with Crippen molar-refractivity contribution in [1.82, 2.24) is 19.4 Å². The highest BCUT2D eigenvalue weighted by atomic mass is 15.2.